The molecule has 1 aromatic heterocycles. The van der Waals surface area contributed by atoms with Gasteiger partial charge in [0.25, 0.3) is 5.91 Å². The summed E-state index contributed by atoms with van der Waals surface area (Å²) in [7, 11) is 0. The number of β-lactam (4-membered cyclic amide) rings is 1. The van der Waals surface area contributed by atoms with Gasteiger partial charge in [-0.1, -0.05) is 11.2 Å². The lowest BCUT2D eigenvalue weighted by molar-refractivity contribution is -0.161. The molecule has 140 valence electrons. The molecule has 0 aliphatic carbocycles. The zero-order valence-corrected chi connectivity index (χ0v) is 14.8. The molecule has 0 aromatic carbocycles. The fraction of sp³-hybridized carbons (Fsp3) is 0.400. The Labute approximate surface area is 152 Å². The highest BCUT2D eigenvalue weighted by molar-refractivity contribution is 7.13. The molecule has 1 fully saturated rings. The van der Waals surface area contributed by atoms with Gasteiger partial charge in [0.2, 0.25) is 11.5 Å². The maximum absolute atomic E-state index is 12.5. The molecular weight excluding hydrogens is 366 g/mol. The molecule has 1 unspecified atom stereocenters. The number of likely N-dealkylation sites (tertiary alicyclic amines) is 1. The average Bonchev–Trinajstić information content (AvgIpc) is 3.07. The fourth-order valence-electron chi connectivity index (χ4n) is 1.95. The number of rotatable bonds is 8. The zero-order chi connectivity index (χ0) is 19.5. The van der Waals surface area contributed by atoms with Crippen molar-refractivity contribution in [2.75, 3.05) is 13.1 Å². The van der Waals surface area contributed by atoms with Crippen molar-refractivity contribution in [1.29, 1.82) is 0 Å². The summed E-state index contributed by atoms with van der Waals surface area (Å²) in [6.07, 6.45) is 0. The van der Waals surface area contributed by atoms with E-state index in [9.17, 15) is 19.2 Å². The molecule has 0 bridgehead atoms. The quantitative estimate of drug-likeness (QED) is 0.318. The van der Waals surface area contributed by atoms with Crippen molar-refractivity contribution in [1.82, 2.24) is 10.2 Å². The topological polar surface area (TPSA) is 146 Å². The molecule has 0 radical (unpaired) electrons. The van der Waals surface area contributed by atoms with Gasteiger partial charge in [-0.3, -0.25) is 14.4 Å². The molecule has 1 atom stereocenters. The van der Waals surface area contributed by atoms with Crippen LogP contribution in [-0.2, 0) is 24.0 Å². The van der Waals surface area contributed by atoms with E-state index in [1.54, 1.807) is 17.5 Å². The van der Waals surface area contributed by atoms with Crippen molar-refractivity contribution < 1.29 is 34.2 Å². The Balaban J connectivity index is 2.10. The molecule has 1 aliphatic heterocycles. The Morgan fingerprint density at radius 3 is 2.62 bits per heavy atom. The number of oxime groups is 1. The molecule has 2 amide bonds. The summed E-state index contributed by atoms with van der Waals surface area (Å²) in [4.78, 5) is 52.5. The van der Waals surface area contributed by atoms with Crippen LogP contribution >= 0.6 is 11.3 Å². The molecule has 3 N–H and O–H groups in total. The van der Waals surface area contributed by atoms with Gasteiger partial charge in [0.05, 0.1) is 11.4 Å². The molecule has 2 heterocycles. The van der Waals surface area contributed by atoms with Gasteiger partial charge < -0.3 is 25.3 Å². The van der Waals surface area contributed by atoms with Crippen LogP contribution in [0, 0.1) is 0 Å². The largest absolute Gasteiger partial charge is 0.480 e. The van der Waals surface area contributed by atoms with Gasteiger partial charge in [-0.05, 0) is 25.3 Å². The van der Waals surface area contributed by atoms with Crippen LogP contribution < -0.4 is 5.32 Å². The number of hydrogen-bond acceptors (Lipinski definition) is 7. The van der Waals surface area contributed by atoms with Crippen LogP contribution in [0.2, 0.25) is 0 Å². The van der Waals surface area contributed by atoms with Gasteiger partial charge in [-0.2, -0.15) is 0 Å². The Kier molecular flexibility index (Phi) is 5.60. The van der Waals surface area contributed by atoms with E-state index in [1.807, 2.05) is 0 Å². The molecule has 1 aromatic rings. The van der Waals surface area contributed by atoms with Crippen LogP contribution in [0.4, 0.5) is 0 Å². The first-order chi connectivity index (χ1) is 12.1. The van der Waals surface area contributed by atoms with Gasteiger partial charge in [0, 0.05) is 0 Å². The third kappa shape index (κ3) is 4.36. The second-order valence-electron chi connectivity index (χ2n) is 5.96. The molecule has 1 saturated heterocycles. The summed E-state index contributed by atoms with van der Waals surface area (Å²) in [6.45, 7) is 2.19. The van der Waals surface area contributed by atoms with Gasteiger partial charge in [-0.15, -0.1) is 11.3 Å². The molecule has 0 spiro atoms. The standard InChI is InChI=1S/C15H17N3O7S/c1-15(2,14(23)24)25-17-11(9-4-3-5-26-9)12(21)16-8-6-18(13(8)22)7-10(19)20/h3-5,8H,6-7H2,1-2H3,(H,16,21)(H,19,20)(H,23,24). The molecule has 2 rings (SSSR count). The minimum atomic E-state index is -1.65. The smallest absolute Gasteiger partial charge is 0.350 e. The first-order valence-corrected chi connectivity index (χ1v) is 8.34. The summed E-state index contributed by atoms with van der Waals surface area (Å²) in [6, 6.07) is 2.41. The third-order valence-corrected chi connectivity index (χ3v) is 4.37. The third-order valence-electron chi connectivity index (χ3n) is 3.49. The lowest BCUT2D eigenvalue weighted by Crippen LogP contribution is -2.65. The minimum absolute atomic E-state index is 0.0655. The van der Waals surface area contributed by atoms with E-state index >= 15 is 0 Å². The van der Waals surface area contributed by atoms with Crippen molar-refractivity contribution in [3.05, 3.63) is 22.4 Å². The van der Waals surface area contributed by atoms with Gasteiger partial charge in [0.15, 0.2) is 5.71 Å². The van der Waals surface area contributed by atoms with Crippen molar-refractivity contribution in [3.8, 4) is 0 Å². The molecular formula is C15H17N3O7S. The number of carbonyl (C=O) groups excluding carboxylic acids is 2. The van der Waals surface area contributed by atoms with E-state index < -0.39 is 41.9 Å². The Morgan fingerprint density at radius 1 is 1.42 bits per heavy atom. The Bertz CT molecular complexity index is 757. The molecule has 10 nitrogen and oxygen atoms in total. The Hall–Kier alpha value is -2.95. The van der Waals surface area contributed by atoms with Crippen LogP contribution in [0.15, 0.2) is 22.7 Å². The van der Waals surface area contributed by atoms with E-state index in [1.165, 1.54) is 25.2 Å². The monoisotopic (exact) mass is 383 g/mol. The van der Waals surface area contributed by atoms with Gasteiger partial charge in [0.1, 0.15) is 12.6 Å². The number of nitrogens with one attached hydrogen (secondary N) is 1. The Morgan fingerprint density at radius 2 is 2.12 bits per heavy atom. The van der Waals surface area contributed by atoms with Crippen LogP contribution in [0.1, 0.15) is 18.7 Å². The van der Waals surface area contributed by atoms with Gasteiger partial charge in [-0.25, -0.2) is 4.79 Å². The molecule has 11 heteroatoms. The number of carbonyl (C=O) groups is 4. The fourth-order valence-corrected chi connectivity index (χ4v) is 2.65. The molecule has 1 aliphatic rings. The predicted octanol–water partition coefficient (Wildman–Crippen LogP) is -0.256. The van der Waals surface area contributed by atoms with Crippen molar-refractivity contribution in [2.24, 2.45) is 5.16 Å². The van der Waals surface area contributed by atoms with Crippen LogP contribution in [0.25, 0.3) is 0 Å². The maximum Gasteiger partial charge on any atom is 0.350 e. The summed E-state index contributed by atoms with van der Waals surface area (Å²) >= 11 is 1.19. The highest BCUT2D eigenvalue weighted by atomic mass is 32.1. The van der Waals surface area contributed by atoms with Crippen LogP contribution in [0.5, 0.6) is 0 Å². The molecule has 26 heavy (non-hydrogen) atoms. The number of aliphatic carboxylic acids is 2. The molecule has 0 saturated carbocycles. The average molecular weight is 383 g/mol. The zero-order valence-electron chi connectivity index (χ0n) is 14.0. The number of carboxylic acids is 2. The lowest BCUT2D eigenvalue weighted by Gasteiger charge is -2.37. The second kappa shape index (κ2) is 7.52. The van der Waals surface area contributed by atoms with Crippen molar-refractivity contribution in [3.63, 3.8) is 0 Å². The summed E-state index contributed by atoms with van der Waals surface area (Å²) in [5, 5.41) is 25.6. The highest BCUT2D eigenvalue weighted by Crippen LogP contribution is 2.16. The normalized spacial score (nSPS) is 17.5. The SMILES string of the molecule is CC(C)(ON=C(C(=O)NC1CN(CC(=O)O)C1=O)c1cccs1)C(=O)O. The number of hydrogen-bond donors (Lipinski definition) is 3. The predicted molar refractivity (Wildman–Crippen MR) is 89.8 cm³/mol. The van der Waals surface area contributed by atoms with E-state index in [4.69, 9.17) is 15.1 Å². The lowest BCUT2D eigenvalue weighted by atomic mass is 10.1. The summed E-state index contributed by atoms with van der Waals surface area (Å²) in [5.74, 6) is -3.64. The number of carboxylic acid groups (broad SMARTS) is 2. The summed E-state index contributed by atoms with van der Waals surface area (Å²) < 4.78 is 0. The number of thiophene rings is 1. The van der Waals surface area contributed by atoms with E-state index in [0.29, 0.717) is 4.88 Å². The van der Waals surface area contributed by atoms with Gasteiger partial charge >= 0.3 is 11.9 Å². The second-order valence-corrected chi connectivity index (χ2v) is 6.91. The minimum Gasteiger partial charge on any atom is -0.480 e. The highest BCUT2D eigenvalue weighted by Gasteiger charge is 2.39. The first kappa shape index (κ1) is 19.4. The van der Waals surface area contributed by atoms with E-state index in [0.717, 1.165) is 4.90 Å². The van der Waals surface area contributed by atoms with Crippen molar-refractivity contribution >= 4 is 40.8 Å². The van der Waals surface area contributed by atoms with Crippen LogP contribution in [-0.4, -0.2) is 69.3 Å². The van der Waals surface area contributed by atoms with E-state index in [-0.39, 0.29) is 12.3 Å². The van der Waals surface area contributed by atoms with Crippen molar-refractivity contribution in [2.45, 2.75) is 25.5 Å². The summed E-state index contributed by atoms with van der Waals surface area (Å²) in [5.41, 5.74) is -1.81. The van der Waals surface area contributed by atoms with E-state index in [2.05, 4.69) is 10.5 Å². The van der Waals surface area contributed by atoms with Crippen LogP contribution in [0.3, 0.4) is 0 Å². The number of amides is 2. The maximum atomic E-state index is 12.5. The number of nitrogens with zero attached hydrogens (tertiary/aromatic N) is 2. The first-order valence-electron chi connectivity index (χ1n) is 7.46.